The average molecular weight is 184 g/mol. The number of aliphatic carboxylic acids is 1. The second kappa shape index (κ2) is 4.04. The first-order chi connectivity index (χ1) is 6.15. The summed E-state index contributed by atoms with van der Waals surface area (Å²) in [5.74, 6) is -1.24. The predicted molar refractivity (Wildman–Crippen MR) is 46.2 cm³/mol. The van der Waals surface area contributed by atoms with Crippen LogP contribution in [-0.4, -0.2) is 47.6 Å². The summed E-state index contributed by atoms with van der Waals surface area (Å²) in [5, 5.41) is 10.6. The van der Waals surface area contributed by atoms with Gasteiger partial charge in [0.25, 0.3) is 0 Å². The number of carboxylic acid groups (broad SMARTS) is 1. The fourth-order valence-electron chi connectivity index (χ4n) is 1.07. The van der Waals surface area contributed by atoms with E-state index in [9.17, 15) is 9.59 Å². The summed E-state index contributed by atoms with van der Waals surface area (Å²) in [5.41, 5.74) is 0. The van der Waals surface area contributed by atoms with Gasteiger partial charge >= 0.3 is 5.97 Å². The highest BCUT2D eigenvalue weighted by Crippen LogP contribution is 2.15. The summed E-state index contributed by atoms with van der Waals surface area (Å²) in [6.07, 6.45) is 1.71. The van der Waals surface area contributed by atoms with Crippen LogP contribution in [0, 0.1) is 0 Å². The van der Waals surface area contributed by atoms with E-state index in [4.69, 9.17) is 5.11 Å². The number of carboxylic acids is 1. The minimum atomic E-state index is -1.02. The first-order valence-electron chi connectivity index (χ1n) is 3.99. The number of nitrogens with zero attached hydrogens (tertiary/aromatic N) is 1. The molecule has 1 rings (SSSR count). The Hall–Kier alpha value is -1.36. The number of amides is 1. The van der Waals surface area contributed by atoms with Crippen molar-refractivity contribution >= 4 is 11.9 Å². The molecule has 1 saturated heterocycles. The first kappa shape index (κ1) is 9.73. The van der Waals surface area contributed by atoms with Crippen molar-refractivity contribution in [3.8, 4) is 0 Å². The van der Waals surface area contributed by atoms with Crippen LogP contribution in [0.15, 0.2) is 12.7 Å². The maximum atomic E-state index is 11.1. The molecule has 13 heavy (non-hydrogen) atoms. The van der Waals surface area contributed by atoms with Crippen molar-refractivity contribution in [3.05, 3.63) is 12.7 Å². The van der Waals surface area contributed by atoms with Gasteiger partial charge in [0.2, 0.25) is 5.91 Å². The lowest BCUT2D eigenvalue weighted by molar-refractivity contribution is -0.137. The van der Waals surface area contributed by atoms with Crippen molar-refractivity contribution < 1.29 is 14.7 Å². The third-order valence-corrected chi connectivity index (χ3v) is 1.79. The van der Waals surface area contributed by atoms with Gasteiger partial charge in [-0.2, -0.15) is 0 Å². The van der Waals surface area contributed by atoms with E-state index in [0.717, 1.165) is 0 Å². The Morgan fingerprint density at radius 3 is 2.92 bits per heavy atom. The molecular formula is C8H12N2O3. The van der Waals surface area contributed by atoms with Gasteiger partial charge in [-0.1, -0.05) is 6.08 Å². The summed E-state index contributed by atoms with van der Waals surface area (Å²) in [7, 11) is 0. The molecule has 0 aliphatic carbocycles. The molecule has 2 atom stereocenters. The van der Waals surface area contributed by atoms with Gasteiger partial charge in [-0.15, -0.1) is 6.58 Å². The fraction of sp³-hybridized carbons (Fsp3) is 0.500. The molecular weight excluding hydrogens is 172 g/mol. The molecule has 2 unspecified atom stereocenters. The standard InChI is InChI=1S/C8H12N2O3/c1-2-3-10-5-6(10)8(13)9-4-7(11)12/h2,6H,1,3-5H2,(H,9,13)(H,11,12). The number of carbonyl (C=O) groups excluding carboxylic acids is 1. The molecule has 1 aliphatic heterocycles. The lowest BCUT2D eigenvalue weighted by Crippen LogP contribution is -2.34. The SMILES string of the molecule is C=CCN1CC1C(=O)NCC(=O)O. The fourth-order valence-corrected chi connectivity index (χ4v) is 1.07. The molecule has 0 spiro atoms. The highest BCUT2D eigenvalue weighted by atomic mass is 16.4. The number of hydrogen-bond acceptors (Lipinski definition) is 3. The molecule has 5 heteroatoms. The maximum absolute atomic E-state index is 11.1. The third-order valence-electron chi connectivity index (χ3n) is 1.79. The smallest absolute Gasteiger partial charge is 0.322 e. The lowest BCUT2D eigenvalue weighted by atomic mass is 10.4. The van der Waals surface area contributed by atoms with Crippen molar-refractivity contribution in [1.29, 1.82) is 0 Å². The summed E-state index contributed by atoms with van der Waals surface area (Å²) >= 11 is 0. The van der Waals surface area contributed by atoms with Crippen LogP contribution in [0.25, 0.3) is 0 Å². The van der Waals surface area contributed by atoms with Crippen LogP contribution in [0.1, 0.15) is 0 Å². The quantitative estimate of drug-likeness (QED) is 0.427. The highest BCUT2D eigenvalue weighted by molar-refractivity contribution is 5.87. The van der Waals surface area contributed by atoms with Crippen LogP contribution >= 0.6 is 0 Å². The molecule has 0 bridgehead atoms. The van der Waals surface area contributed by atoms with E-state index in [-0.39, 0.29) is 18.5 Å². The summed E-state index contributed by atoms with van der Waals surface area (Å²) in [6.45, 7) is 4.60. The first-order valence-corrected chi connectivity index (χ1v) is 3.99. The second-order valence-electron chi connectivity index (χ2n) is 2.87. The number of hydrogen-bond donors (Lipinski definition) is 2. The number of nitrogens with one attached hydrogen (secondary N) is 1. The molecule has 0 aromatic rings. The molecule has 1 fully saturated rings. The molecule has 0 aromatic carbocycles. The lowest BCUT2D eigenvalue weighted by Gasteiger charge is -2.00. The Morgan fingerprint density at radius 2 is 2.38 bits per heavy atom. The van der Waals surface area contributed by atoms with Crippen LogP contribution < -0.4 is 5.32 Å². The van der Waals surface area contributed by atoms with Crippen LogP contribution in [0.4, 0.5) is 0 Å². The van der Waals surface area contributed by atoms with Crippen molar-refractivity contribution in [2.75, 3.05) is 19.6 Å². The van der Waals surface area contributed by atoms with E-state index in [0.29, 0.717) is 13.1 Å². The van der Waals surface area contributed by atoms with Gasteiger partial charge in [-0.05, 0) is 0 Å². The second-order valence-corrected chi connectivity index (χ2v) is 2.87. The van der Waals surface area contributed by atoms with E-state index in [2.05, 4.69) is 11.9 Å². The Kier molecular flexibility index (Phi) is 3.02. The molecule has 0 saturated carbocycles. The van der Waals surface area contributed by atoms with Gasteiger partial charge in [0.05, 0.1) is 0 Å². The van der Waals surface area contributed by atoms with Crippen LogP contribution in [0.5, 0.6) is 0 Å². The summed E-state index contributed by atoms with van der Waals surface area (Å²) < 4.78 is 0. The predicted octanol–water partition coefficient (Wildman–Crippen LogP) is -0.943. The van der Waals surface area contributed by atoms with E-state index >= 15 is 0 Å². The Morgan fingerprint density at radius 1 is 1.69 bits per heavy atom. The van der Waals surface area contributed by atoms with Gasteiger partial charge in [0.15, 0.2) is 0 Å². The highest BCUT2D eigenvalue weighted by Gasteiger charge is 2.39. The van der Waals surface area contributed by atoms with E-state index in [1.54, 1.807) is 6.08 Å². The molecule has 0 radical (unpaired) electrons. The topological polar surface area (TPSA) is 69.4 Å². The van der Waals surface area contributed by atoms with Gasteiger partial charge in [-0.25, -0.2) is 0 Å². The number of rotatable bonds is 5. The number of carbonyl (C=O) groups is 2. The van der Waals surface area contributed by atoms with E-state index in [1.807, 2.05) is 4.90 Å². The molecule has 5 nitrogen and oxygen atoms in total. The van der Waals surface area contributed by atoms with E-state index in [1.165, 1.54) is 0 Å². The maximum Gasteiger partial charge on any atom is 0.322 e. The minimum Gasteiger partial charge on any atom is -0.480 e. The molecule has 1 heterocycles. The normalized spacial score (nSPS) is 24.9. The van der Waals surface area contributed by atoms with Crippen molar-refractivity contribution in [1.82, 2.24) is 10.2 Å². The zero-order chi connectivity index (χ0) is 9.84. The Bertz CT molecular complexity index is 240. The molecule has 72 valence electrons. The zero-order valence-electron chi connectivity index (χ0n) is 7.19. The molecule has 1 aliphatic rings. The monoisotopic (exact) mass is 184 g/mol. The van der Waals surface area contributed by atoms with Gasteiger partial charge in [0, 0.05) is 13.1 Å². The van der Waals surface area contributed by atoms with Gasteiger partial charge < -0.3 is 10.4 Å². The Labute approximate surface area is 76.0 Å². The van der Waals surface area contributed by atoms with Gasteiger partial charge in [0.1, 0.15) is 12.6 Å². The van der Waals surface area contributed by atoms with Crippen LogP contribution in [0.2, 0.25) is 0 Å². The average Bonchev–Trinajstić information content (AvgIpc) is 2.80. The van der Waals surface area contributed by atoms with Crippen LogP contribution in [0.3, 0.4) is 0 Å². The largest absolute Gasteiger partial charge is 0.480 e. The van der Waals surface area contributed by atoms with Crippen molar-refractivity contribution in [2.45, 2.75) is 6.04 Å². The summed E-state index contributed by atoms with van der Waals surface area (Å²) in [6, 6.07) is -0.155. The minimum absolute atomic E-state index is 0.155. The molecule has 0 aromatic heterocycles. The van der Waals surface area contributed by atoms with E-state index < -0.39 is 5.97 Å². The summed E-state index contributed by atoms with van der Waals surface area (Å²) in [4.78, 5) is 23.1. The zero-order valence-corrected chi connectivity index (χ0v) is 7.19. The Balaban J connectivity index is 2.19. The molecule has 2 N–H and O–H groups in total. The van der Waals surface area contributed by atoms with Crippen molar-refractivity contribution in [3.63, 3.8) is 0 Å². The molecule has 1 amide bonds. The van der Waals surface area contributed by atoms with Crippen LogP contribution in [-0.2, 0) is 9.59 Å². The van der Waals surface area contributed by atoms with Gasteiger partial charge in [-0.3, -0.25) is 14.5 Å². The van der Waals surface area contributed by atoms with Crippen molar-refractivity contribution in [2.24, 2.45) is 0 Å². The third kappa shape index (κ3) is 2.87.